The summed E-state index contributed by atoms with van der Waals surface area (Å²) in [5.74, 6) is 0.199. The monoisotopic (exact) mass is 226 g/mol. The first kappa shape index (κ1) is 11.4. The van der Waals surface area contributed by atoms with Gasteiger partial charge in [-0.2, -0.15) is 0 Å². The maximum absolute atomic E-state index is 12.1. The minimum absolute atomic E-state index is 0.0317. The second-order valence-corrected chi connectivity index (χ2v) is 4.33. The number of hydrogen-bond donors (Lipinski definition) is 1. The summed E-state index contributed by atoms with van der Waals surface area (Å²) in [6.07, 6.45) is 2.06. The highest BCUT2D eigenvalue weighted by Gasteiger charge is 2.28. The number of hydrogen-bond acceptors (Lipinski definition) is 3. The summed E-state index contributed by atoms with van der Waals surface area (Å²) in [4.78, 5) is 25.0. The Morgan fingerprint density at radius 3 is 3.00 bits per heavy atom. The highest BCUT2D eigenvalue weighted by Crippen LogP contribution is 2.15. The Kier molecular flexibility index (Phi) is 3.77. The van der Waals surface area contributed by atoms with Crippen LogP contribution in [-0.2, 0) is 14.3 Å². The van der Waals surface area contributed by atoms with Crippen molar-refractivity contribution in [2.24, 2.45) is 5.92 Å². The van der Waals surface area contributed by atoms with Crippen LogP contribution >= 0.6 is 0 Å². The first-order valence-corrected chi connectivity index (χ1v) is 5.90. The number of amides is 2. The summed E-state index contributed by atoms with van der Waals surface area (Å²) in [5, 5.41) is 2.75. The van der Waals surface area contributed by atoms with Crippen molar-refractivity contribution in [3.05, 3.63) is 0 Å². The predicted octanol–water partition coefficient (Wildman–Crippen LogP) is -0.238. The lowest BCUT2D eigenvalue weighted by molar-refractivity contribution is -0.137. The Labute approximate surface area is 95.1 Å². The molecule has 0 aromatic carbocycles. The first-order chi connectivity index (χ1) is 7.77. The molecule has 90 valence electrons. The quantitative estimate of drug-likeness (QED) is 0.671. The maximum atomic E-state index is 12.1. The maximum Gasteiger partial charge on any atom is 0.227 e. The van der Waals surface area contributed by atoms with Crippen LogP contribution in [0.4, 0.5) is 0 Å². The zero-order chi connectivity index (χ0) is 11.4. The summed E-state index contributed by atoms with van der Waals surface area (Å²) in [5.41, 5.74) is 0. The molecule has 0 saturated carbocycles. The van der Waals surface area contributed by atoms with E-state index in [1.165, 1.54) is 0 Å². The molecule has 0 aromatic heterocycles. The van der Waals surface area contributed by atoms with Crippen LogP contribution in [0.3, 0.4) is 0 Å². The fraction of sp³-hybridized carbons (Fsp3) is 0.818. The molecular weight excluding hydrogens is 208 g/mol. The number of carbonyl (C=O) groups excluding carboxylic acids is 2. The number of carbonyl (C=O) groups is 2. The molecule has 2 saturated heterocycles. The summed E-state index contributed by atoms with van der Waals surface area (Å²) in [6.45, 7) is 3.33. The van der Waals surface area contributed by atoms with E-state index < -0.39 is 0 Å². The summed E-state index contributed by atoms with van der Waals surface area (Å²) in [7, 11) is 0. The number of nitrogens with zero attached hydrogens (tertiary/aromatic N) is 1. The topological polar surface area (TPSA) is 58.6 Å². The normalized spacial score (nSPS) is 27.1. The molecule has 0 bridgehead atoms. The summed E-state index contributed by atoms with van der Waals surface area (Å²) in [6, 6.07) is 0. The van der Waals surface area contributed by atoms with E-state index in [0.29, 0.717) is 32.5 Å². The SMILES string of the molecule is O=C1CCC(C(=O)N2CCCOCC2)CN1. The lowest BCUT2D eigenvalue weighted by atomic mass is 9.97. The van der Waals surface area contributed by atoms with Gasteiger partial charge in [0.05, 0.1) is 12.5 Å². The molecule has 0 aromatic rings. The van der Waals surface area contributed by atoms with Crippen LogP contribution in [0.1, 0.15) is 19.3 Å². The zero-order valence-corrected chi connectivity index (χ0v) is 9.41. The fourth-order valence-corrected chi connectivity index (χ4v) is 2.17. The largest absolute Gasteiger partial charge is 0.380 e. The average Bonchev–Trinajstić information content (AvgIpc) is 2.57. The van der Waals surface area contributed by atoms with E-state index in [9.17, 15) is 9.59 Å². The molecule has 2 heterocycles. The third-order valence-electron chi connectivity index (χ3n) is 3.15. The molecule has 1 N–H and O–H groups in total. The lowest BCUT2D eigenvalue weighted by Gasteiger charge is -2.28. The predicted molar refractivity (Wildman–Crippen MR) is 57.7 cm³/mol. The Hall–Kier alpha value is -1.10. The van der Waals surface area contributed by atoms with Crippen LogP contribution in [0, 0.1) is 5.92 Å². The molecule has 0 aliphatic carbocycles. The number of rotatable bonds is 1. The van der Waals surface area contributed by atoms with Crippen LogP contribution < -0.4 is 5.32 Å². The smallest absolute Gasteiger partial charge is 0.227 e. The first-order valence-electron chi connectivity index (χ1n) is 5.90. The van der Waals surface area contributed by atoms with Crippen molar-refractivity contribution >= 4 is 11.8 Å². The second kappa shape index (κ2) is 5.30. The molecular formula is C11H18N2O3. The van der Waals surface area contributed by atoms with Gasteiger partial charge in [-0.1, -0.05) is 0 Å². The molecule has 1 atom stereocenters. The van der Waals surface area contributed by atoms with Crippen molar-refractivity contribution in [3.8, 4) is 0 Å². The zero-order valence-electron chi connectivity index (χ0n) is 9.41. The molecule has 2 fully saturated rings. The van der Waals surface area contributed by atoms with Gasteiger partial charge in [-0.05, 0) is 12.8 Å². The molecule has 2 rings (SSSR count). The molecule has 1 unspecified atom stereocenters. The van der Waals surface area contributed by atoms with Crippen LogP contribution in [0.2, 0.25) is 0 Å². The Bertz CT molecular complexity index is 262. The molecule has 5 heteroatoms. The summed E-state index contributed by atoms with van der Waals surface area (Å²) >= 11 is 0. The molecule has 2 amide bonds. The molecule has 0 radical (unpaired) electrons. The Morgan fingerprint density at radius 1 is 1.38 bits per heavy atom. The van der Waals surface area contributed by atoms with Crippen molar-refractivity contribution in [2.75, 3.05) is 32.8 Å². The van der Waals surface area contributed by atoms with Crippen molar-refractivity contribution in [3.63, 3.8) is 0 Å². The van der Waals surface area contributed by atoms with E-state index in [0.717, 1.165) is 19.6 Å². The number of piperidine rings is 1. The van der Waals surface area contributed by atoms with E-state index in [1.807, 2.05) is 4.90 Å². The van der Waals surface area contributed by atoms with Gasteiger partial charge in [0.15, 0.2) is 0 Å². The minimum Gasteiger partial charge on any atom is -0.380 e. The lowest BCUT2D eigenvalue weighted by Crippen LogP contribution is -2.45. The fourth-order valence-electron chi connectivity index (χ4n) is 2.17. The van der Waals surface area contributed by atoms with Crippen molar-refractivity contribution < 1.29 is 14.3 Å². The van der Waals surface area contributed by atoms with E-state index in [4.69, 9.17) is 4.74 Å². The van der Waals surface area contributed by atoms with E-state index in [-0.39, 0.29) is 17.7 Å². The van der Waals surface area contributed by atoms with E-state index >= 15 is 0 Å². The number of ether oxygens (including phenoxy) is 1. The average molecular weight is 226 g/mol. The van der Waals surface area contributed by atoms with Gasteiger partial charge in [0, 0.05) is 32.7 Å². The van der Waals surface area contributed by atoms with Crippen molar-refractivity contribution in [1.82, 2.24) is 10.2 Å². The Morgan fingerprint density at radius 2 is 2.25 bits per heavy atom. The highest BCUT2D eigenvalue weighted by atomic mass is 16.5. The highest BCUT2D eigenvalue weighted by molar-refractivity contribution is 5.83. The van der Waals surface area contributed by atoms with Gasteiger partial charge in [-0.25, -0.2) is 0 Å². The van der Waals surface area contributed by atoms with Crippen LogP contribution in [-0.4, -0.2) is 49.6 Å². The standard InChI is InChI=1S/C11H18N2O3/c14-10-3-2-9(8-12-10)11(15)13-4-1-6-16-7-5-13/h9H,1-8H2,(H,12,14). The Balaban J connectivity index is 1.87. The molecule has 5 nitrogen and oxygen atoms in total. The van der Waals surface area contributed by atoms with Crippen molar-refractivity contribution in [1.29, 1.82) is 0 Å². The van der Waals surface area contributed by atoms with Gasteiger partial charge in [0.2, 0.25) is 11.8 Å². The van der Waals surface area contributed by atoms with Crippen LogP contribution in [0.5, 0.6) is 0 Å². The minimum atomic E-state index is -0.0317. The van der Waals surface area contributed by atoms with Gasteiger partial charge in [-0.15, -0.1) is 0 Å². The molecule has 2 aliphatic heterocycles. The third-order valence-corrected chi connectivity index (χ3v) is 3.15. The third kappa shape index (κ3) is 2.72. The summed E-state index contributed by atoms with van der Waals surface area (Å²) < 4.78 is 5.32. The van der Waals surface area contributed by atoms with Gasteiger partial charge in [0.1, 0.15) is 0 Å². The number of nitrogens with one attached hydrogen (secondary N) is 1. The van der Waals surface area contributed by atoms with Crippen molar-refractivity contribution in [2.45, 2.75) is 19.3 Å². The van der Waals surface area contributed by atoms with Crippen LogP contribution in [0.25, 0.3) is 0 Å². The van der Waals surface area contributed by atoms with Gasteiger partial charge in [0.25, 0.3) is 0 Å². The van der Waals surface area contributed by atoms with E-state index in [1.54, 1.807) is 0 Å². The second-order valence-electron chi connectivity index (χ2n) is 4.33. The van der Waals surface area contributed by atoms with Crippen LogP contribution in [0.15, 0.2) is 0 Å². The van der Waals surface area contributed by atoms with E-state index in [2.05, 4.69) is 5.32 Å². The van der Waals surface area contributed by atoms with Gasteiger partial charge >= 0.3 is 0 Å². The molecule has 16 heavy (non-hydrogen) atoms. The van der Waals surface area contributed by atoms with Gasteiger partial charge < -0.3 is 15.0 Å². The molecule has 0 spiro atoms. The van der Waals surface area contributed by atoms with Gasteiger partial charge in [-0.3, -0.25) is 9.59 Å². The molecule has 2 aliphatic rings.